The molecule has 0 aliphatic carbocycles. The van der Waals surface area contributed by atoms with Gasteiger partial charge in [0.25, 0.3) is 23.6 Å². The average Bonchev–Trinajstić information content (AvgIpc) is 3.49. The summed E-state index contributed by atoms with van der Waals surface area (Å²) in [6, 6.07) is 21.2. The van der Waals surface area contributed by atoms with Crippen LogP contribution in [0.5, 0.6) is 11.5 Å². The summed E-state index contributed by atoms with van der Waals surface area (Å²) in [6.45, 7) is 18.6. The van der Waals surface area contributed by atoms with Gasteiger partial charge in [0.15, 0.2) is 0 Å². The molecule has 0 spiro atoms. The van der Waals surface area contributed by atoms with Gasteiger partial charge < -0.3 is 4.74 Å². The summed E-state index contributed by atoms with van der Waals surface area (Å²) in [5.74, 6) is -0.135. The molecular weight excluding hydrogens is 624 g/mol. The lowest BCUT2D eigenvalue weighted by Gasteiger charge is -2.25. The van der Waals surface area contributed by atoms with Crippen molar-refractivity contribution in [3.8, 4) is 11.5 Å². The summed E-state index contributed by atoms with van der Waals surface area (Å²) in [6.07, 6.45) is 3.22. The van der Waals surface area contributed by atoms with E-state index in [0.717, 1.165) is 33.4 Å². The molecule has 2 aliphatic heterocycles. The minimum Gasteiger partial charge on any atom is -0.457 e. The van der Waals surface area contributed by atoms with Gasteiger partial charge in [-0.1, -0.05) is 84.9 Å². The lowest BCUT2D eigenvalue weighted by Crippen LogP contribution is -2.31. The molecule has 0 N–H and O–H groups in total. The van der Waals surface area contributed by atoms with E-state index >= 15 is 0 Å². The van der Waals surface area contributed by atoms with Crippen LogP contribution in [0.25, 0.3) is 0 Å². The van der Waals surface area contributed by atoms with Crippen LogP contribution < -0.4 is 14.5 Å². The van der Waals surface area contributed by atoms with Crippen LogP contribution in [0.15, 0.2) is 78.9 Å². The first-order valence-corrected chi connectivity index (χ1v) is 17.2. The third-order valence-corrected chi connectivity index (χ3v) is 9.50. The lowest BCUT2D eigenvalue weighted by molar-refractivity contribution is -0.120. The highest BCUT2D eigenvalue weighted by Gasteiger charge is 2.39. The second-order valence-corrected chi connectivity index (χ2v) is 15.1. The van der Waals surface area contributed by atoms with Crippen molar-refractivity contribution >= 4 is 35.0 Å². The number of carbonyl (C=O) groups is 4. The van der Waals surface area contributed by atoms with E-state index in [2.05, 4.69) is 60.6 Å². The van der Waals surface area contributed by atoms with E-state index < -0.39 is 0 Å². The van der Waals surface area contributed by atoms with Gasteiger partial charge in [-0.15, -0.1) is 0 Å². The van der Waals surface area contributed by atoms with Gasteiger partial charge in [-0.25, -0.2) is 9.80 Å². The molecule has 256 valence electrons. The van der Waals surface area contributed by atoms with Gasteiger partial charge in [0, 0.05) is 12.2 Å². The van der Waals surface area contributed by atoms with Crippen molar-refractivity contribution < 1.29 is 23.9 Å². The van der Waals surface area contributed by atoms with Crippen LogP contribution >= 0.6 is 0 Å². The molecule has 0 unspecified atom stereocenters. The maximum atomic E-state index is 14.0. The first-order chi connectivity index (χ1) is 23.5. The van der Waals surface area contributed by atoms with Crippen molar-refractivity contribution in [3.63, 3.8) is 0 Å². The monoisotopic (exact) mass is 668 g/mol. The minimum atomic E-state index is -0.371. The number of aryl methyl sites for hydroxylation is 2. The Hall–Kier alpha value is -5.30. The van der Waals surface area contributed by atoms with Crippen LogP contribution in [0.2, 0.25) is 0 Å². The van der Waals surface area contributed by atoms with Gasteiger partial charge in [-0.2, -0.15) is 0 Å². The van der Waals surface area contributed by atoms with E-state index in [1.807, 2.05) is 50.2 Å². The molecule has 4 aromatic carbocycles. The predicted molar refractivity (Wildman–Crippen MR) is 198 cm³/mol. The summed E-state index contributed by atoms with van der Waals surface area (Å²) in [4.78, 5) is 55.6. The van der Waals surface area contributed by atoms with Gasteiger partial charge in [0.05, 0.1) is 22.5 Å². The SMILES string of the molecule is Cc1cc(Cc2cc(C)c(N3C(=O)c4ccc(Oc5ccc(C(C)(C)C)cc5)cc4C3=O)c(C(C)C)c2)cc(C(C)C)c1N1C(=O)C=CC1=O. The summed E-state index contributed by atoms with van der Waals surface area (Å²) in [5.41, 5.74) is 8.74. The van der Waals surface area contributed by atoms with Crippen molar-refractivity contribution in [3.05, 3.63) is 129 Å². The summed E-state index contributed by atoms with van der Waals surface area (Å²) in [5, 5.41) is 0. The molecule has 7 heteroatoms. The number of imide groups is 2. The Kier molecular flexibility index (Phi) is 8.89. The molecule has 0 saturated carbocycles. The minimum absolute atomic E-state index is 0.0199. The summed E-state index contributed by atoms with van der Waals surface area (Å²) in [7, 11) is 0. The topological polar surface area (TPSA) is 84.0 Å². The van der Waals surface area contributed by atoms with Crippen molar-refractivity contribution in [2.45, 2.75) is 86.0 Å². The maximum Gasteiger partial charge on any atom is 0.266 e. The van der Waals surface area contributed by atoms with Crippen molar-refractivity contribution in [2.24, 2.45) is 0 Å². The first-order valence-electron chi connectivity index (χ1n) is 17.2. The molecule has 0 bridgehead atoms. The number of nitrogens with zero attached hydrogens (tertiary/aromatic N) is 2. The second kappa shape index (κ2) is 12.9. The van der Waals surface area contributed by atoms with E-state index in [4.69, 9.17) is 4.74 Å². The zero-order valence-electron chi connectivity index (χ0n) is 30.3. The molecule has 2 heterocycles. The zero-order valence-corrected chi connectivity index (χ0v) is 30.3. The fourth-order valence-electron chi connectivity index (χ4n) is 6.96. The molecule has 2 aliphatic rings. The molecule has 0 saturated heterocycles. The van der Waals surface area contributed by atoms with Crippen LogP contribution in [-0.4, -0.2) is 23.6 Å². The Morgan fingerprint density at radius 2 is 1.08 bits per heavy atom. The molecule has 4 aromatic rings. The number of anilines is 2. The van der Waals surface area contributed by atoms with E-state index in [-0.39, 0.29) is 40.9 Å². The summed E-state index contributed by atoms with van der Waals surface area (Å²) < 4.78 is 6.11. The summed E-state index contributed by atoms with van der Waals surface area (Å²) >= 11 is 0. The van der Waals surface area contributed by atoms with E-state index in [0.29, 0.717) is 40.4 Å². The second-order valence-electron chi connectivity index (χ2n) is 15.1. The number of ether oxygens (including phenoxy) is 1. The van der Waals surface area contributed by atoms with Crippen LogP contribution in [0.4, 0.5) is 11.4 Å². The van der Waals surface area contributed by atoms with E-state index in [9.17, 15) is 19.2 Å². The molecule has 0 radical (unpaired) electrons. The Bertz CT molecular complexity index is 2080. The Balaban J connectivity index is 1.30. The van der Waals surface area contributed by atoms with Gasteiger partial charge >= 0.3 is 0 Å². The maximum absolute atomic E-state index is 14.0. The third kappa shape index (κ3) is 6.28. The van der Waals surface area contributed by atoms with Crippen LogP contribution in [0.3, 0.4) is 0 Å². The quantitative estimate of drug-likeness (QED) is 0.175. The number of rotatable bonds is 8. The standard InChI is InChI=1S/C43H44N2O5/c1-24(2)34-21-28(18-26(5)39(34)44-37(46)16-17-38(44)47)20-29-19-27(6)40(35(22-29)25(3)4)45-41(48)33-15-14-32(23-36(33)42(45)49)50-31-12-10-30(11-13-31)43(7,8)9/h10-19,21-25H,20H2,1-9H3. The van der Waals surface area contributed by atoms with Crippen LogP contribution in [0, 0.1) is 13.8 Å². The molecule has 0 aromatic heterocycles. The van der Waals surface area contributed by atoms with E-state index in [1.54, 1.807) is 18.2 Å². The third-order valence-electron chi connectivity index (χ3n) is 9.50. The van der Waals surface area contributed by atoms with Gasteiger partial charge in [0.2, 0.25) is 0 Å². The number of carbonyl (C=O) groups excluding carboxylic acids is 4. The molecule has 4 amide bonds. The Morgan fingerprint density at radius 1 is 0.600 bits per heavy atom. The zero-order chi connectivity index (χ0) is 36.2. The number of amides is 4. The van der Waals surface area contributed by atoms with Gasteiger partial charge in [0.1, 0.15) is 11.5 Å². The molecule has 7 nitrogen and oxygen atoms in total. The van der Waals surface area contributed by atoms with Crippen molar-refractivity contribution in [1.82, 2.24) is 0 Å². The molecular formula is C43H44N2O5. The molecule has 50 heavy (non-hydrogen) atoms. The predicted octanol–water partition coefficient (Wildman–Crippen LogP) is 9.46. The van der Waals surface area contributed by atoms with Gasteiger partial charge in [-0.05, 0) is 107 Å². The highest BCUT2D eigenvalue weighted by Crippen LogP contribution is 2.40. The highest BCUT2D eigenvalue weighted by atomic mass is 16.5. The fourth-order valence-corrected chi connectivity index (χ4v) is 6.96. The number of hydrogen-bond acceptors (Lipinski definition) is 5. The van der Waals surface area contributed by atoms with Crippen LogP contribution in [0.1, 0.15) is 120 Å². The number of fused-ring (bicyclic) bond motifs is 1. The highest BCUT2D eigenvalue weighted by molar-refractivity contribution is 6.35. The van der Waals surface area contributed by atoms with Crippen molar-refractivity contribution in [1.29, 1.82) is 0 Å². The smallest absolute Gasteiger partial charge is 0.266 e. The van der Waals surface area contributed by atoms with Gasteiger partial charge in [-0.3, -0.25) is 19.2 Å². The van der Waals surface area contributed by atoms with Crippen LogP contribution in [-0.2, 0) is 21.4 Å². The number of hydrogen-bond donors (Lipinski definition) is 0. The average molecular weight is 669 g/mol. The largest absolute Gasteiger partial charge is 0.457 e. The first kappa shape index (κ1) is 34.6. The Morgan fingerprint density at radius 3 is 1.58 bits per heavy atom. The van der Waals surface area contributed by atoms with Crippen molar-refractivity contribution in [2.75, 3.05) is 9.80 Å². The fraction of sp³-hybridized carbons (Fsp3) is 0.302. The lowest BCUT2D eigenvalue weighted by atomic mass is 9.87. The molecule has 0 atom stereocenters. The molecule has 6 rings (SSSR count). The van der Waals surface area contributed by atoms with E-state index in [1.165, 1.54) is 27.5 Å². The molecule has 0 fully saturated rings. The number of benzene rings is 4. The Labute approximate surface area is 294 Å². The normalized spacial score (nSPS) is 14.5.